The van der Waals surface area contributed by atoms with E-state index in [1.165, 1.54) is 0 Å². The lowest BCUT2D eigenvalue weighted by molar-refractivity contribution is -0.131. The Morgan fingerprint density at radius 2 is 2.00 bits per heavy atom. The van der Waals surface area contributed by atoms with Crippen molar-refractivity contribution in [3.8, 4) is 0 Å². The Balaban J connectivity index is 2.07. The molecule has 0 aromatic carbocycles. The van der Waals surface area contributed by atoms with Gasteiger partial charge in [-0.2, -0.15) is 5.10 Å². The van der Waals surface area contributed by atoms with Gasteiger partial charge in [0.2, 0.25) is 5.91 Å². The molecule has 0 saturated carbocycles. The summed E-state index contributed by atoms with van der Waals surface area (Å²) in [6.07, 6.45) is 0.478. The number of carbonyl (C=O) groups is 1. The predicted molar refractivity (Wildman–Crippen MR) is 65.8 cm³/mol. The zero-order valence-corrected chi connectivity index (χ0v) is 10.8. The lowest BCUT2D eigenvalue weighted by Crippen LogP contribution is -2.47. The molecule has 0 unspecified atom stereocenters. The molecule has 1 fully saturated rings. The van der Waals surface area contributed by atoms with Crippen LogP contribution in [0.4, 0.5) is 0 Å². The summed E-state index contributed by atoms with van der Waals surface area (Å²) < 4.78 is 1.84. The van der Waals surface area contributed by atoms with E-state index in [-0.39, 0.29) is 5.91 Å². The molecule has 0 spiro atoms. The van der Waals surface area contributed by atoms with Gasteiger partial charge in [0, 0.05) is 44.5 Å². The van der Waals surface area contributed by atoms with Gasteiger partial charge in [0.05, 0.1) is 12.1 Å². The maximum absolute atomic E-state index is 12.1. The number of nitrogens with zero attached hydrogens (tertiary/aromatic N) is 3. The number of aryl methyl sites for hydroxylation is 2. The van der Waals surface area contributed by atoms with E-state index in [1.54, 1.807) is 0 Å². The molecule has 0 aliphatic carbocycles. The molecule has 5 nitrogen and oxygen atoms in total. The van der Waals surface area contributed by atoms with Crippen LogP contribution < -0.4 is 5.32 Å². The minimum atomic E-state index is 0.214. The van der Waals surface area contributed by atoms with Gasteiger partial charge in [-0.3, -0.25) is 9.48 Å². The van der Waals surface area contributed by atoms with E-state index in [0.29, 0.717) is 6.42 Å². The number of amides is 1. The highest BCUT2D eigenvalue weighted by atomic mass is 16.2. The molecular weight excluding hydrogens is 216 g/mol. The summed E-state index contributed by atoms with van der Waals surface area (Å²) in [7, 11) is 1.92. The smallest absolute Gasteiger partial charge is 0.227 e. The van der Waals surface area contributed by atoms with Gasteiger partial charge in [-0.25, -0.2) is 0 Å². The van der Waals surface area contributed by atoms with Crippen molar-refractivity contribution >= 4 is 5.91 Å². The van der Waals surface area contributed by atoms with Gasteiger partial charge in [0.25, 0.3) is 0 Å². The van der Waals surface area contributed by atoms with E-state index in [1.807, 2.05) is 30.5 Å². The van der Waals surface area contributed by atoms with Crippen molar-refractivity contribution in [1.29, 1.82) is 0 Å². The first-order chi connectivity index (χ1) is 8.09. The Morgan fingerprint density at radius 1 is 1.35 bits per heavy atom. The lowest BCUT2D eigenvalue weighted by atomic mass is 10.1. The second kappa shape index (κ2) is 4.87. The molecule has 1 aliphatic heterocycles. The normalized spacial score (nSPS) is 16.3. The topological polar surface area (TPSA) is 50.2 Å². The van der Waals surface area contributed by atoms with E-state index in [0.717, 1.165) is 43.1 Å². The average Bonchev–Trinajstić information content (AvgIpc) is 2.57. The molecular formula is C12H20N4O. The van der Waals surface area contributed by atoms with Crippen LogP contribution in [0, 0.1) is 13.8 Å². The van der Waals surface area contributed by atoms with Crippen LogP contribution in [-0.4, -0.2) is 46.8 Å². The van der Waals surface area contributed by atoms with E-state index < -0.39 is 0 Å². The quantitative estimate of drug-likeness (QED) is 0.787. The molecule has 5 heteroatoms. The van der Waals surface area contributed by atoms with Gasteiger partial charge in [0.1, 0.15) is 0 Å². The molecule has 1 saturated heterocycles. The van der Waals surface area contributed by atoms with Crippen molar-refractivity contribution < 1.29 is 4.79 Å². The molecule has 0 atom stereocenters. The molecule has 1 amide bonds. The fraction of sp³-hybridized carbons (Fsp3) is 0.667. The summed E-state index contributed by atoms with van der Waals surface area (Å²) in [6, 6.07) is 0. The van der Waals surface area contributed by atoms with Crippen molar-refractivity contribution in [2.75, 3.05) is 26.2 Å². The van der Waals surface area contributed by atoms with Crippen LogP contribution in [0.15, 0.2) is 0 Å². The average molecular weight is 236 g/mol. The highest BCUT2D eigenvalue weighted by molar-refractivity contribution is 5.79. The molecule has 1 aliphatic rings. The Morgan fingerprint density at radius 3 is 2.53 bits per heavy atom. The number of nitrogens with one attached hydrogen (secondary N) is 1. The van der Waals surface area contributed by atoms with Gasteiger partial charge in [-0.1, -0.05) is 0 Å². The predicted octanol–water partition coefficient (Wildman–Crippen LogP) is 0.0112. The van der Waals surface area contributed by atoms with Crippen LogP contribution in [-0.2, 0) is 18.3 Å². The Hall–Kier alpha value is -1.36. The number of carbonyl (C=O) groups excluding carboxylic acids is 1. The maximum Gasteiger partial charge on any atom is 0.227 e. The second-order valence-electron chi connectivity index (χ2n) is 4.58. The first-order valence-corrected chi connectivity index (χ1v) is 6.07. The van der Waals surface area contributed by atoms with Crippen molar-refractivity contribution in [2.45, 2.75) is 20.3 Å². The number of hydrogen-bond acceptors (Lipinski definition) is 3. The van der Waals surface area contributed by atoms with Crippen LogP contribution in [0.3, 0.4) is 0 Å². The number of aromatic nitrogens is 2. The van der Waals surface area contributed by atoms with Crippen LogP contribution in [0.2, 0.25) is 0 Å². The minimum absolute atomic E-state index is 0.214. The highest BCUT2D eigenvalue weighted by Gasteiger charge is 2.19. The van der Waals surface area contributed by atoms with Gasteiger partial charge in [-0.05, 0) is 13.8 Å². The summed E-state index contributed by atoms with van der Waals surface area (Å²) in [5, 5.41) is 7.59. The van der Waals surface area contributed by atoms with Crippen molar-refractivity contribution in [3.05, 3.63) is 17.0 Å². The maximum atomic E-state index is 12.1. The van der Waals surface area contributed by atoms with E-state index in [4.69, 9.17) is 0 Å². The van der Waals surface area contributed by atoms with Crippen molar-refractivity contribution in [1.82, 2.24) is 20.0 Å². The summed E-state index contributed by atoms with van der Waals surface area (Å²) in [4.78, 5) is 14.1. The molecule has 2 heterocycles. The fourth-order valence-corrected chi connectivity index (χ4v) is 2.25. The first-order valence-electron chi connectivity index (χ1n) is 6.07. The van der Waals surface area contributed by atoms with Crippen molar-refractivity contribution in [3.63, 3.8) is 0 Å². The van der Waals surface area contributed by atoms with Crippen LogP contribution in [0.1, 0.15) is 17.0 Å². The second-order valence-corrected chi connectivity index (χ2v) is 4.58. The largest absolute Gasteiger partial charge is 0.340 e. The van der Waals surface area contributed by atoms with Crippen LogP contribution in [0.25, 0.3) is 0 Å². The first kappa shape index (κ1) is 12.1. The number of piperazine rings is 1. The summed E-state index contributed by atoms with van der Waals surface area (Å²) in [5.41, 5.74) is 3.13. The summed E-state index contributed by atoms with van der Waals surface area (Å²) >= 11 is 0. The standard InChI is InChI=1S/C12H20N4O/c1-9-11(10(2)15(3)14-9)8-12(17)16-6-4-13-5-7-16/h13H,4-8H2,1-3H3. The molecule has 1 N–H and O–H groups in total. The number of rotatable bonds is 2. The SMILES string of the molecule is Cc1nn(C)c(C)c1CC(=O)N1CCNCC1. The molecule has 94 valence electrons. The Kier molecular flexibility index (Phi) is 3.47. The van der Waals surface area contributed by atoms with Gasteiger partial charge < -0.3 is 10.2 Å². The lowest BCUT2D eigenvalue weighted by Gasteiger charge is -2.27. The third-order valence-corrected chi connectivity index (χ3v) is 3.46. The molecule has 1 aromatic heterocycles. The zero-order valence-electron chi connectivity index (χ0n) is 10.8. The van der Waals surface area contributed by atoms with Gasteiger partial charge in [-0.15, -0.1) is 0 Å². The molecule has 2 rings (SSSR count). The minimum Gasteiger partial charge on any atom is -0.340 e. The third-order valence-electron chi connectivity index (χ3n) is 3.46. The molecule has 17 heavy (non-hydrogen) atoms. The van der Waals surface area contributed by atoms with E-state index in [2.05, 4.69) is 10.4 Å². The van der Waals surface area contributed by atoms with Crippen LogP contribution in [0.5, 0.6) is 0 Å². The number of hydrogen-bond donors (Lipinski definition) is 1. The van der Waals surface area contributed by atoms with Gasteiger partial charge >= 0.3 is 0 Å². The highest BCUT2D eigenvalue weighted by Crippen LogP contribution is 2.13. The Labute approximate surface area is 102 Å². The zero-order chi connectivity index (χ0) is 12.4. The Bertz CT molecular complexity index is 418. The summed E-state index contributed by atoms with van der Waals surface area (Å²) in [5.74, 6) is 0.214. The van der Waals surface area contributed by atoms with E-state index >= 15 is 0 Å². The fourth-order valence-electron chi connectivity index (χ4n) is 2.25. The van der Waals surface area contributed by atoms with Crippen LogP contribution >= 0.6 is 0 Å². The van der Waals surface area contributed by atoms with E-state index in [9.17, 15) is 4.79 Å². The molecule has 0 bridgehead atoms. The van der Waals surface area contributed by atoms with Gasteiger partial charge in [0.15, 0.2) is 0 Å². The molecule has 1 aromatic rings. The third kappa shape index (κ3) is 2.49. The van der Waals surface area contributed by atoms with Crippen molar-refractivity contribution in [2.24, 2.45) is 7.05 Å². The molecule has 0 radical (unpaired) electrons. The monoisotopic (exact) mass is 236 g/mol. The summed E-state index contributed by atoms with van der Waals surface area (Å²) in [6.45, 7) is 7.41.